The van der Waals surface area contributed by atoms with E-state index in [1.807, 2.05) is 0 Å². The summed E-state index contributed by atoms with van der Waals surface area (Å²) in [5.74, 6) is 0. The van der Waals surface area contributed by atoms with Gasteiger partial charge in [-0.05, 0) is 63.4 Å². The van der Waals surface area contributed by atoms with Crippen molar-refractivity contribution in [2.45, 2.75) is 0 Å². The number of hydrogen-bond donors (Lipinski definition) is 0. The van der Waals surface area contributed by atoms with E-state index < -0.39 is 0 Å². The van der Waals surface area contributed by atoms with Crippen molar-refractivity contribution >= 4 is 32.6 Å². The number of benzene rings is 6. The van der Waals surface area contributed by atoms with Crippen molar-refractivity contribution in [3.05, 3.63) is 140 Å². The first-order valence-corrected chi connectivity index (χ1v) is 12.0. The van der Waals surface area contributed by atoms with Crippen LogP contribution in [-0.4, -0.2) is 4.57 Å². The van der Waals surface area contributed by atoms with Crippen molar-refractivity contribution < 1.29 is 0 Å². The summed E-state index contributed by atoms with van der Waals surface area (Å²) in [6.07, 6.45) is 0. The summed E-state index contributed by atoms with van der Waals surface area (Å²) < 4.78 is 2.38. The molecule has 0 aliphatic heterocycles. The zero-order valence-corrected chi connectivity index (χ0v) is 19.2. The van der Waals surface area contributed by atoms with Crippen LogP contribution in [-0.2, 0) is 0 Å². The summed E-state index contributed by atoms with van der Waals surface area (Å²) in [6.45, 7) is 0. The summed E-state index contributed by atoms with van der Waals surface area (Å²) >= 11 is 0. The molecule has 1 nitrogen and oxygen atoms in total. The Morgan fingerprint density at radius 3 is 1.71 bits per heavy atom. The van der Waals surface area contributed by atoms with Gasteiger partial charge in [-0.25, -0.2) is 0 Å². The molecule has 0 radical (unpaired) electrons. The summed E-state index contributed by atoms with van der Waals surface area (Å²) in [5, 5.41) is 5.15. The Hall–Kier alpha value is -4.62. The van der Waals surface area contributed by atoms with Crippen molar-refractivity contribution in [2.24, 2.45) is 0 Å². The number of rotatable bonds is 3. The zero-order chi connectivity index (χ0) is 23.2. The van der Waals surface area contributed by atoms with Gasteiger partial charge in [0.25, 0.3) is 0 Å². The quantitative estimate of drug-likeness (QED) is 0.255. The molecule has 0 saturated carbocycles. The fourth-order valence-corrected chi connectivity index (χ4v) is 5.31. The average Bonchev–Trinajstić information content (AvgIpc) is 3.29. The zero-order valence-electron chi connectivity index (χ0n) is 19.2. The first-order valence-electron chi connectivity index (χ1n) is 12.0. The first kappa shape index (κ1) is 19.8. The van der Waals surface area contributed by atoms with Crippen LogP contribution in [0.3, 0.4) is 0 Å². The maximum absolute atomic E-state index is 2.38. The minimum Gasteiger partial charge on any atom is -0.309 e. The monoisotopic (exact) mass is 445 g/mol. The van der Waals surface area contributed by atoms with Gasteiger partial charge < -0.3 is 4.57 Å². The molecule has 1 heteroatoms. The summed E-state index contributed by atoms with van der Waals surface area (Å²) in [6, 6.07) is 50.2. The normalized spacial score (nSPS) is 11.4. The van der Waals surface area contributed by atoms with Crippen LogP contribution in [0.2, 0.25) is 0 Å². The third kappa shape index (κ3) is 3.25. The molecule has 0 amide bonds. The summed E-state index contributed by atoms with van der Waals surface area (Å²) in [5.41, 5.74) is 8.61. The van der Waals surface area contributed by atoms with Crippen LogP contribution in [0, 0.1) is 0 Å². The lowest BCUT2D eigenvalue weighted by Crippen LogP contribution is -1.92. The van der Waals surface area contributed by atoms with Crippen molar-refractivity contribution in [3.63, 3.8) is 0 Å². The smallest absolute Gasteiger partial charge is 0.0547 e. The lowest BCUT2D eigenvalue weighted by molar-refractivity contribution is 1.18. The molecule has 1 aromatic heterocycles. The predicted molar refractivity (Wildman–Crippen MR) is 149 cm³/mol. The van der Waals surface area contributed by atoms with Crippen LogP contribution in [0.15, 0.2) is 140 Å². The molecule has 0 fully saturated rings. The molecular formula is C34H23N. The average molecular weight is 446 g/mol. The molecule has 7 aromatic rings. The lowest BCUT2D eigenvalue weighted by atomic mass is 9.96. The highest BCUT2D eigenvalue weighted by Crippen LogP contribution is 2.38. The molecule has 7 rings (SSSR count). The Morgan fingerprint density at radius 2 is 0.943 bits per heavy atom. The van der Waals surface area contributed by atoms with E-state index in [0.29, 0.717) is 0 Å². The molecule has 0 unspecified atom stereocenters. The molecule has 164 valence electrons. The molecule has 0 atom stereocenters. The second-order valence-corrected chi connectivity index (χ2v) is 9.03. The second-order valence-electron chi connectivity index (χ2n) is 9.03. The number of nitrogens with zero attached hydrogens (tertiary/aromatic N) is 1. The van der Waals surface area contributed by atoms with Gasteiger partial charge >= 0.3 is 0 Å². The van der Waals surface area contributed by atoms with Crippen LogP contribution in [0.5, 0.6) is 0 Å². The van der Waals surface area contributed by atoms with E-state index in [0.717, 1.165) is 0 Å². The minimum atomic E-state index is 1.19. The molecular weight excluding hydrogens is 422 g/mol. The molecule has 6 aromatic carbocycles. The van der Waals surface area contributed by atoms with E-state index in [2.05, 4.69) is 144 Å². The Bertz CT molecular complexity index is 1810. The molecule has 0 spiro atoms. The topological polar surface area (TPSA) is 4.93 Å². The highest BCUT2D eigenvalue weighted by Gasteiger charge is 2.15. The van der Waals surface area contributed by atoms with E-state index in [1.165, 1.54) is 60.5 Å². The second kappa shape index (κ2) is 8.00. The molecule has 0 saturated heterocycles. The van der Waals surface area contributed by atoms with Crippen LogP contribution in [0.1, 0.15) is 0 Å². The fourth-order valence-electron chi connectivity index (χ4n) is 5.31. The highest BCUT2D eigenvalue weighted by atomic mass is 15.0. The van der Waals surface area contributed by atoms with Gasteiger partial charge in [0, 0.05) is 16.5 Å². The molecule has 0 aliphatic carbocycles. The van der Waals surface area contributed by atoms with Gasteiger partial charge in [-0.3, -0.25) is 0 Å². The molecule has 0 N–H and O–H groups in total. The molecule has 0 bridgehead atoms. The van der Waals surface area contributed by atoms with Crippen molar-refractivity contribution in [1.29, 1.82) is 0 Å². The predicted octanol–water partition coefficient (Wildman–Crippen LogP) is 9.27. The van der Waals surface area contributed by atoms with Gasteiger partial charge in [-0.1, -0.05) is 109 Å². The van der Waals surface area contributed by atoms with Gasteiger partial charge in [0.15, 0.2) is 0 Å². The van der Waals surface area contributed by atoms with Crippen LogP contribution < -0.4 is 0 Å². The van der Waals surface area contributed by atoms with E-state index >= 15 is 0 Å². The molecule has 0 aliphatic rings. The van der Waals surface area contributed by atoms with Gasteiger partial charge in [0.1, 0.15) is 0 Å². The third-order valence-electron chi connectivity index (χ3n) is 6.99. The van der Waals surface area contributed by atoms with Gasteiger partial charge in [0.05, 0.1) is 11.0 Å². The van der Waals surface area contributed by atoms with Gasteiger partial charge in [-0.2, -0.15) is 0 Å². The standard InChI is InChI=1S/C34H23N/c1-3-9-24(10-4-1)25-15-17-26(18-16-25)28-20-19-27-21-22-33-34(31(27)23-28)30-13-7-8-14-32(30)35(33)29-11-5-2-6-12-29/h1-23H. The Morgan fingerprint density at radius 1 is 0.371 bits per heavy atom. The largest absolute Gasteiger partial charge is 0.309 e. The van der Waals surface area contributed by atoms with Crippen molar-refractivity contribution in [1.82, 2.24) is 4.57 Å². The van der Waals surface area contributed by atoms with Crippen LogP contribution in [0.4, 0.5) is 0 Å². The van der Waals surface area contributed by atoms with E-state index in [1.54, 1.807) is 0 Å². The maximum atomic E-state index is 2.38. The Kier molecular flexibility index (Phi) is 4.53. The number of para-hydroxylation sites is 2. The molecule has 1 heterocycles. The van der Waals surface area contributed by atoms with Crippen molar-refractivity contribution in [2.75, 3.05) is 0 Å². The molecule has 35 heavy (non-hydrogen) atoms. The van der Waals surface area contributed by atoms with E-state index in [4.69, 9.17) is 0 Å². The first-order chi connectivity index (χ1) is 17.4. The maximum Gasteiger partial charge on any atom is 0.0547 e. The fraction of sp³-hybridized carbons (Fsp3) is 0. The number of aromatic nitrogens is 1. The Labute approximate surface area is 204 Å². The van der Waals surface area contributed by atoms with Crippen LogP contribution >= 0.6 is 0 Å². The third-order valence-corrected chi connectivity index (χ3v) is 6.99. The highest BCUT2D eigenvalue weighted by molar-refractivity contribution is 6.21. The number of fused-ring (bicyclic) bond motifs is 5. The lowest BCUT2D eigenvalue weighted by Gasteiger charge is -2.09. The van der Waals surface area contributed by atoms with E-state index in [-0.39, 0.29) is 0 Å². The summed E-state index contributed by atoms with van der Waals surface area (Å²) in [7, 11) is 0. The summed E-state index contributed by atoms with van der Waals surface area (Å²) in [4.78, 5) is 0. The SMILES string of the molecule is c1ccc(-c2ccc(-c3ccc4ccc5c(c4c3)c3ccccc3n5-c3ccccc3)cc2)cc1. The van der Waals surface area contributed by atoms with E-state index in [9.17, 15) is 0 Å². The number of hydrogen-bond acceptors (Lipinski definition) is 0. The van der Waals surface area contributed by atoms with Gasteiger partial charge in [0.2, 0.25) is 0 Å². The Balaban J connectivity index is 1.45. The minimum absolute atomic E-state index is 1.19. The van der Waals surface area contributed by atoms with Crippen LogP contribution in [0.25, 0.3) is 60.5 Å². The van der Waals surface area contributed by atoms with Gasteiger partial charge in [-0.15, -0.1) is 0 Å². The van der Waals surface area contributed by atoms with Crippen molar-refractivity contribution in [3.8, 4) is 27.9 Å².